The Bertz CT molecular complexity index is 233. The Balaban J connectivity index is 2.05. The first kappa shape index (κ1) is 11.2. The largest absolute Gasteiger partial charge is 0.261 e. The van der Waals surface area contributed by atoms with Crippen molar-refractivity contribution in [1.29, 1.82) is 0 Å². The summed E-state index contributed by atoms with van der Waals surface area (Å²) in [5.41, 5.74) is 1.14. The van der Waals surface area contributed by atoms with Crippen LogP contribution in [0.4, 0.5) is 4.39 Å². The average Bonchev–Trinajstić information content (AvgIpc) is 2.18. The molecule has 0 amide bonds. The van der Waals surface area contributed by atoms with Crippen molar-refractivity contribution in [3.63, 3.8) is 0 Å². The summed E-state index contributed by atoms with van der Waals surface area (Å²) in [7, 11) is 0. The monoisotopic (exact) mass is 195 g/mol. The van der Waals surface area contributed by atoms with E-state index in [9.17, 15) is 4.39 Å². The van der Waals surface area contributed by atoms with Gasteiger partial charge in [-0.3, -0.25) is 4.98 Å². The van der Waals surface area contributed by atoms with E-state index in [0.717, 1.165) is 31.4 Å². The molecule has 0 bridgehead atoms. The second-order valence-electron chi connectivity index (χ2n) is 3.70. The third kappa shape index (κ3) is 4.95. The van der Waals surface area contributed by atoms with Crippen LogP contribution in [-0.2, 0) is 6.42 Å². The lowest BCUT2D eigenvalue weighted by Crippen LogP contribution is -1.93. The molecule has 0 aliphatic heterocycles. The molecule has 0 aliphatic carbocycles. The predicted octanol–water partition coefficient (Wildman–Crippen LogP) is 3.54. The van der Waals surface area contributed by atoms with E-state index in [2.05, 4.69) is 4.98 Å². The van der Waals surface area contributed by atoms with Crippen LogP contribution in [0.2, 0.25) is 0 Å². The van der Waals surface area contributed by atoms with Gasteiger partial charge in [-0.2, -0.15) is 0 Å². The number of rotatable bonds is 6. The molecule has 1 aromatic heterocycles. The lowest BCUT2D eigenvalue weighted by molar-refractivity contribution is 0.330. The van der Waals surface area contributed by atoms with Crippen molar-refractivity contribution < 1.29 is 4.39 Å². The van der Waals surface area contributed by atoms with Crippen molar-refractivity contribution in [2.24, 2.45) is 0 Å². The van der Waals surface area contributed by atoms with Gasteiger partial charge in [-0.05, 0) is 38.3 Å². The summed E-state index contributed by atoms with van der Waals surface area (Å²) in [4.78, 5) is 4.24. The number of nitrogens with zero attached hydrogens (tertiary/aromatic N) is 1. The molecule has 0 aromatic carbocycles. The van der Waals surface area contributed by atoms with Crippen LogP contribution in [0.25, 0.3) is 0 Å². The fraction of sp³-hybridized carbons (Fsp3) is 0.583. The van der Waals surface area contributed by atoms with Crippen molar-refractivity contribution in [2.45, 2.75) is 45.2 Å². The van der Waals surface area contributed by atoms with Crippen molar-refractivity contribution in [2.75, 3.05) is 0 Å². The van der Waals surface area contributed by atoms with Crippen LogP contribution in [0.3, 0.4) is 0 Å². The first-order valence-corrected chi connectivity index (χ1v) is 5.33. The van der Waals surface area contributed by atoms with E-state index >= 15 is 0 Å². The van der Waals surface area contributed by atoms with Crippen molar-refractivity contribution >= 4 is 0 Å². The molecule has 0 fully saturated rings. The summed E-state index contributed by atoms with van der Waals surface area (Å²) in [6.07, 6.45) is 6.09. The third-order valence-corrected chi connectivity index (χ3v) is 2.26. The first-order chi connectivity index (χ1) is 6.79. The molecule has 0 saturated heterocycles. The molecule has 78 valence electrons. The minimum absolute atomic E-state index is 0.648. The molecular weight excluding hydrogens is 177 g/mol. The minimum atomic E-state index is -0.648. The van der Waals surface area contributed by atoms with Gasteiger partial charge in [0.2, 0.25) is 0 Å². The molecule has 1 atom stereocenters. The van der Waals surface area contributed by atoms with Crippen molar-refractivity contribution in [3.8, 4) is 0 Å². The molecule has 2 heteroatoms. The van der Waals surface area contributed by atoms with Gasteiger partial charge in [-0.1, -0.05) is 18.9 Å². The summed E-state index contributed by atoms with van der Waals surface area (Å²) in [5.74, 6) is 0. The Kier molecular flexibility index (Phi) is 5.20. The summed E-state index contributed by atoms with van der Waals surface area (Å²) in [6.45, 7) is 1.62. The number of pyridine rings is 1. The van der Waals surface area contributed by atoms with Gasteiger partial charge in [0.15, 0.2) is 0 Å². The molecule has 0 saturated carbocycles. The van der Waals surface area contributed by atoms with Gasteiger partial charge in [0, 0.05) is 11.9 Å². The van der Waals surface area contributed by atoms with E-state index in [-0.39, 0.29) is 0 Å². The maximum absolute atomic E-state index is 12.4. The molecule has 0 spiro atoms. The minimum Gasteiger partial charge on any atom is -0.261 e. The standard InChI is InChI=1S/C12H18FN/c1-11(13)7-3-2-4-8-12-9-5-6-10-14-12/h5-6,9-11H,2-4,7-8H2,1H3. The van der Waals surface area contributed by atoms with Crippen LogP contribution in [0.5, 0.6) is 0 Å². The summed E-state index contributed by atoms with van der Waals surface area (Å²) in [5, 5.41) is 0. The number of aryl methyl sites for hydroxylation is 1. The van der Waals surface area contributed by atoms with Gasteiger partial charge in [0.25, 0.3) is 0 Å². The van der Waals surface area contributed by atoms with Gasteiger partial charge in [-0.25, -0.2) is 4.39 Å². The Hall–Kier alpha value is -0.920. The molecule has 1 aromatic rings. The molecule has 1 heterocycles. The van der Waals surface area contributed by atoms with E-state index in [1.165, 1.54) is 0 Å². The zero-order valence-corrected chi connectivity index (χ0v) is 8.75. The number of unbranched alkanes of at least 4 members (excludes halogenated alkanes) is 2. The highest BCUT2D eigenvalue weighted by Gasteiger charge is 1.98. The molecular formula is C12H18FN. The van der Waals surface area contributed by atoms with Crippen LogP contribution in [0, 0.1) is 0 Å². The number of alkyl halides is 1. The molecule has 0 radical (unpaired) electrons. The van der Waals surface area contributed by atoms with E-state index in [1.807, 2.05) is 24.4 Å². The number of aromatic nitrogens is 1. The van der Waals surface area contributed by atoms with Gasteiger partial charge in [0.1, 0.15) is 0 Å². The number of hydrogen-bond donors (Lipinski definition) is 0. The van der Waals surface area contributed by atoms with Gasteiger partial charge >= 0.3 is 0 Å². The Morgan fingerprint density at radius 3 is 2.79 bits per heavy atom. The fourth-order valence-electron chi connectivity index (χ4n) is 1.45. The van der Waals surface area contributed by atoms with Gasteiger partial charge < -0.3 is 0 Å². The van der Waals surface area contributed by atoms with Crippen LogP contribution >= 0.6 is 0 Å². The normalized spacial score (nSPS) is 12.7. The summed E-state index contributed by atoms with van der Waals surface area (Å²) in [6, 6.07) is 5.97. The summed E-state index contributed by atoms with van der Waals surface area (Å²) < 4.78 is 12.4. The number of halogens is 1. The molecule has 0 N–H and O–H groups in total. The zero-order chi connectivity index (χ0) is 10.2. The third-order valence-electron chi connectivity index (χ3n) is 2.26. The second-order valence-corrected chi connectivity index (χ2v) is 3.70. The quantitative estimate of drug-likeness (QED) is 0.633. The SMILES string of the molecule is CC(F)CCCCCc1ccccn1. The van der Waals surface area contributed by atoms with E-state index in [0.29, 0.717) is 6.42 Å². The van der Waals surface area contributed by atoms with Crippen LogP contribution < -0.4 is 0 Å². The van der Waals surface area contributed by atoms with Crippen LogP contribution in [-0.4, -0.2) is 11.2 Å². The fourth-order valence-corrected chi connectivity index (χ4v) is 1.45. The van der Waals surface area contributed by atoms with E-state index in [4.69, 9.17) is 0 Å². The Labute approximate surface area is 85.4 Å². The van der Waals surface area contributed by atoms with Crippen molar-refractivity contribution in [1.82, 2.24) is 4.98 Å². The van der Waals surface area contributed by atoms with E-state index < -0.39 is 6.17 Å². The molecule has 1 rings (SSSR count). The van der Waals surface area contributed by atoms with Crippen LogP contribution in [0.15, 0.2) is 24.4 Å². The summed E-state index contributed by atoms with van der Waals surface area (Å²) >= 11 is 0. The smallest absolute Gasteiger partial charge is 0.0973 e. The van der Waals surface area contributed by atoms with Crippen LogP contribution in [0.1, 0.15) is 38.3 Å². The zero-order valence-electron chi connectivity index (χ0n) is 8.75. The van der Waals surface area contributed by atoms with Gasteiger partial charge in [0.05, 0.1) is 6.17 Å². The maximum Gasteiger partial charge on any atom is 0.0973 e. The topological polar surface area (TPSA) is 12.9 Å². The van der Waals surface area contributed by atoms with Gasteiger partial charge in [-0.15, -0.1) is 0 Å². The molecule has 1 nitrogen and oxygen atoms in total. The van der Waals surface area contributed by atoms with E-state index in [1.54, 1.807) is 6.92 Å². The second kappa shape index (κ2) is 6.52. The Morgan fingerprint density at radius 1 is 1.29 bits per heavy atom. The first-order valence-electron chi connectivity index (χ1n) is 5.33. The Morgan fingerprint density at radius 2 is 2.14 bits per heavy atom. The van der Waals surface area contributed by atoms with Crippen molar-refractivity contribution in [3.05, 3.63) is 30.1 Å². The highest BCUT2D eigenvalue weighted by atomic mass is 19.1. The highest BCUT2D eigenvalue weighted by Crippen LogP contribution is 2.08. The molecule has 1 unspecified atom stereocenters. The number of hydrogen-bond acceptors (Lipinski definition) is 1. The maximum atomic E-state index is 12.4. The highest BCUT2D eigenvalue weighted by molar-refractivity contribution is 5.03. The lowest BCUT2D eigenvalue weighted by Gasteiger charge is -2.02. The molecule has 14 heavy (non-hydrogen) atoms. The predicted molar refractivity (Wildman–Crippen MR) is 57.0 cm³/mol. The average molecular weight is 195 g/mol. The molecule has 0 aliphatic rings. The lowest BCUT2D eigenvalue weighted by atomic mass is 10.1.